The number of esters is 1. The quantitative estimate of drug-likeness (QED) is 0.438. The zero-order valence-corrected chi connectivity index (χ0v) is 15.3. The van der Waals surface area contributed by atoms with E-state index in [-0.39, 0.29) is 22.8 Å². The van der Waals surface area contributed by atoms with Gasteiger partial charge in [0.15, 0.2) is 11.5 Å². The summed E-state index contributed by atoms with van der Waals surface area (Å²) < 4.78 is 71.8. The van der Waals surface area contributed by atoms with E-state index in [4.69, 9.17) is 4.52 Å². The number of ether oxygens (including phenoxy) is 1. The minimum atomic E-state index is -4.92. The van der Waals surface area contributed by atoms with Gasteiger partial charge in [0.1, 0.15) is 16.3 Å². The summed E-state index contributed by atoms with van der Waals surface area (Å²) in [6, 6.07) is 2.63. The molecule has 1 fully saturated rings. The lowest BCUT2D eigenvalue weighted by atomic mass is 9.94. The van der Waals surface area contributed by atoms with Crippen molar-refractivity contribution in [2.45, 2.75) is 30.7 Å². The molecule has 3 rings (SSSR count). The number of halogens is 3. The van der Waals surface area contributed by atoms with Crippen LogP contribution in [0.5, 0.6) is 0 Å². The Kier molecular flexibility index (Phi) is 5.28. The second-order valence-corrected chi connectivity index (χ2v) is 7.22. The minimum Gasteiger partial charge on any atom is -0.464 e. The minimum absolute atomic E-state index is 0.0465. The van der Waals surface area contributed by atoms with Crippen molar-refractivity contribution in [1.82, 2.24) is 5.16 Å². The van der Waals surface area contributed by atoms with Gasteiger partial charge in [-0.3, -0.25) is 4.79 Å². The first kappa shape index (κ1) is 20.1. The maximum atomic E-state index is 13.5. The van der Waals surface area contributed by atoms with E-state index in [1.165, 1.54) is 0 Å². The molecule has 1 aliphatic carbocycles. The van der Waals surface area contributed by atoms with E-state index < -0.39 is 51.2 Å². The van der Waals surface area contributed by atoms with Crippen molar-refractivity contribution < 1.29 is 40.4 Å². The van der Waals surface area contributed by atoms with Crippen molar-refractivity contribution in [2.24, 2.45) is 0 Å². The second kappa shape index (κ2) is 7.38. The van der Waals surface area contributed by atoms with Gasteiger partial charge in [-0.25, -0.2) is 13.2 Å². The number of ketones is 1. The fourth-order valence-electron chi connectivity index (χ4n) is 2.79. The number of aromatic nitrogens is 1. The fraction of sp³-hybridized carbons (Fsp3) is 0.353. The lowest BCUT2D eigenvalue weighted by Crippen LogP contribution is -2.17. The average Bonchev–Trinajstić information content (AvgIpc) is 3.37. The first-order chi connectivity index (χ1) is 13.1. The van der Waals surface area contributed by atoms with Crippen LogP contribution in [0.2, 0.25) is 0 Å². The molecule has 1 heterocycles. The van der Waals surface area contributed by atoms with E-state index in [0.29, 0.717) is 18.9 Å². The topological polar surface area (TPSA) is 104 Å². The molecule has 1 aromatic carbocycles. The Morgan fingerprint density at radius 2 is 1.96 bits per heavy atom. The molecule has 150 valence electrons. The summed E-state index contributed by atoms with van der Waals surface area (Å²) in [4.78, 5) is 24.9. The zero-order chi connectivity index (χ0) is 20.6. The smallest absolute Gasteiger partial charge is 0.417 e. The fourth-order valence-corrected chi connectivity index (χ4v) is 3.28. The van der Waals surface area contributed by atoms with Crippen molar-refractivity contribution >= 4 is 22.5 Å². The molecule has 0 radical (unpaired) electrons. The van der Waals surface area contributed by atoms with Crippen molar-refractivity contribution in [3.8, 4) is 0 Å². The van der Waals surface area contributed by atoms with E-state index in [1.807, 2.05) is 0 Å². The van der Waals surface area contributed by atoms with Crippen LogP contribution in [0.25, 0.3) is 0 Å². The third-order valence-electron chi connectivity index (χ3n) is 4.22. The lowest BCUT2D eigenvalue weighted by molar-refractivity contribution is -0.137. The Hall–Kier alpha value is -2.69. The third kappa shape index (κ3) is 3.93. The Morgan fingerprint density at radius 3 is 2.50 bits per heavy atom. The number of rotatable bonds is 6. The highest BCUT2D eigenvalue weighted by molar-refractivity contribution is 7.71. The standard InChI is InChI=1S/C17H14F3NO6S/c1-26-16(23)13-12(15(27-21-13)9-3-4-9)14(22)10-5-2-8(7-28(24)25)6-11(10)17(18,19)20/h2,5-6,9,28H,3-4,7H2,1H3. The van der Waals surface area contributed by atoms with Crippen LogP contribution < -0.4 is 0 Å². The number of nitrogens with zero attached hydrogens (tertiary/aromatic N) is 1. The summed E-state index contributed by atoms with van der Waals surface area (Å²) in [5, 5.41) is 3.51. The number of methoxy groups -OCH3 is 1. The maximum absolute atomic E-state index is 13.5. The molecule has 7 nitrogen and oxygen atoms in total. The molecule has 1 saturated carbocycles. The largest absolute Gasteiger partial charge is 0.464 e. The van der Waals surface area contributed by atoms with Crippen LogP contribution in [0.15, 0.2) is 22.7 Å². The van der Waals surface area contributed by atoms with Crippen LogP contribution in [0, 0.1) is 0 Å². The molecule has 0 amide bonds. The van der Waals surface area contributed by atoms with Gasteiger partial charge in [-0.2, -0.15) is 13.2 Å². The van der Waals surface area contributed by atoms with Gasteiger partial charge in [-0.1, -0.05) is 17.3 Å². The summed E-state index contributed by atoms with van der Waals surface area (Å²) in [5.41, 5.74) is -2.99. The number of carbonyl (C=O) groups is 2. The molecule has 28 heavy (non-hydrogen) atoms. The van der Waals surface area contributed by atoms with Gasteiger partial charge >= 0.3 is 12.1 Å². The van der Waals surface area contributed by atoms with Gasteiger partial charge < -0.3 is 9.26 Å². The summed E-state index contributed by atoms with van der Waals surface area (Å²) in [5.74, 6) is -2.85. The van der Waals surface area contributed by atoms with Crippen molar-refractivity contribution in [3.05, 3.63) is 51.9 Å². The Bertz CT molecular complexity index is 1010. The van der Waals surface area contributed by atoms with Gasteiger partial charge in [0.2, 0.25) is 5.69 Å². The molecular weight excluding hydrogens is 403 g/mol. The van der Waals surface area contributed by atoms with Crippen molar-refractivity contribution in [2.75, 3.05) is 7.11 Å². The Balaban J connectivity index is 2.15. The van der Waals surface area contributed by atoms with Crippen molar-refractivity contribution in [1.29, 1.82) is 0 Å². The van der Waals surface area contributed by atoms with E-state index in [0.717, 1.165) is 19.2 Å². The predicted molar refractivity (Wildman–Crippen MR) is 88.7 cm³/mol. The molecular formula is C17H14F3NO6S. The van der Waals surface area contributed by atoms with E-state index in [9.17, 15) is 31.2 Å². The second-order valence-electron chi connectivity index (χ2n) is 6.23. The molecule has 11 heteroatoms. The van der Waals surface area contributed by atoms with Gasteiger partial charge in [-0.15, -0.1) is 0 Å². The van der Waals surface area contributed by atoms with Gasteiger partial charge in [0, 0.05) is 11.5 Å². The summed E-state index contributed by atoms with van der Waals surface area (Å²) in [6.45, 7) is 0. The average molecular weight is 417 g/mol. The predicted octanol–water partition coefficient (Wildman–Crippen LogP) is 2.70. The summed E-state index contributed by atoms with van der Waals surface area (Å²) in [7, 11) is -1.90. The summed E-state index contributed by atoms with van der Waals surface area (Å²) >= 11 is 0. The van der Waals surface area contributed by atoms with Crippen LogP contribution in [-0.2, 0) is 27.4 Å². The van der Waals surface area contributed by atoms with Gasteiger partial charge in [-0.05, 0) is 24.5 Å². The first-order valence-electron chi connectivity index (χ1n) is 8.08. The highest BCUT2D eigenvalue weighted by Gasteiger charge is 2.41. The van der Waals surface area contributed by atoms with Crippen LogP contribution in [0.1, 0.15) is 62.1 Å². The van der Waals surface area contributed by atoms with Crippen LogP contribution in [-0.4, -0.2) is 32.4 Å². The van der Waals surface area contributed by atoms with E-state index >= 15 is 0 Å². The van der Waals surface area contributed by atoms with Gasteiger partial charge in [0.25, 0.3) is 0 Å². The van der Waals surface area contributed by atoms with E-state index in [1.54, 1.807) is 0 Å². The first-order valence-corrected chi connectivity index (χ1v) is 9.44. The molecule has 0 aliphatic heterocycles. The van der Waals surface area contributed by atoms with Crippen molar-refractivity contribution in [3.63, 3.8) is 0 Å². The van der Waals surface area contributed by atoms with Crippen LogP contribution in [0.3, 0.4) is 0 Å². The SMILES string of the molecule is COC(=O)c1noc(C2CC2)c1C(=O)c1ccc(C[SH](=O)=O)cc1C(F)(F)F. The number of benzene rings is 1. The Morgan fingerprint density at radius 1 is 1.29 bits per heavy atom. The molecule has 1 aliphatic rings. The number of thiol groups is 1. The number of hydrogen-bond acceptors (Lipinski definition) is 7. The lowest BCUT2D eigenvalue weighted by Gasteiger charge is -2.13. The van der Waals surface area contributed by atoms with Crippen LogP contribution >= 0.6 is 0 Å². The molecule has 0 unspecified atom stereocenters. The number of alkyl halides is 3. The highest BCUT2D eigenvalue weighted by atomic mass is 32.2. The molecule has 0 spiro atoms. The normalized spacial score (nSPS) is 14.3. The number of hydrogen-bond donors (Lipinski definition) is 1. The Labute approximate surface area is 158 Å². The third-order valence-corrected chi connectivity index (χ3v) is 4.84. The summed E-state index contributed by atoms with van der Waals surface area (Å²) in [6.07, 6.45) is -3.62. The molecule has 0 saturated heterocycles. The molecule has 0 bridgehead atoms. The van der Waals surface area contributed by atoms with Crippen LogP contribution in [0.4, 0.5) is 13.2 Å². The molecule has 0 N–H and O–H groups in total. The van der Waals surface area contributed by atoms with Gasteiger partial charge in [0.05, 0.1) is 18.4 Å². The molecule has 0 atom stereocenters. The molecule has 2 aromatic rings. The molecule has 1 aromatic heterocycles. The highest BCUT2D eigenvalue weighted by Crippen LogP contribution is 2.44. The van der Waals surface area contributed by atoms with E-state index in [2.05, 4.69) is 9.89 Å². The maximum Gasteiger partial charge on any atom is 0.417 e. The number of carbonyl (C=O) groups excluding carboxylic acids is 2. The zero-order valence-electron chi connectivity index (χ0n) is 14.4. The monoisotopic (exact) mass is 417 g/mol.